The summed E-state index contributed by atoms with van der Waals surface area (Å²) in [6, 6.07) is 19.5. The lowest BCUT2D eigenvalue weighted by Crippen LogP contribution is -2.40. The minimum absolute atomic E-state index is 0.996. The molecule has 0 bridgehead atoms. The number of anilines is 2. The molecule has 0 atom stereocenters. The van der Waals surface area contributed by atoms with E-state index in [1.54, 1.807) is 0 Å². The summed E-state index contributed by atoms with van der Waals surface area (Å²) < 4.78 is 2.30. The first-order valence-corrected chi connectivity index (χ1v) is 11.0. The second-order valence-corrected chi connectivity index (χ2v) is 8.26. The molecule has 29 heavy (non-hydrogen) atoms. The van der Waals surface area contributed by atoms with Crippen LogP contribution in [0, 0.1) is 0 Å². The summed E-state index contributed by atoms with van der Waals surface area (Å²) in [7, 11) is 4.29. The van der Waals surface area contributed by atoms with E-state index in [-0.39, 0.29) is 0 Å². The maximum Gasteiger partial charge on any atom is 0.277 e. The van der Waals surface area contributed by atoms with Gasteiger partial charge in [-0.25, -0.2) is 4.57 Å². The molecular weight excluding hydrogens is 374 g/mol. The highest BCUT2D eigenvalue weighted by atomic mass is 32.2. The number of pyridine rings is 1. The van der Waals surface area contributed by atoms with E-state index in [1.807, 2.05) is 11.8 Å². The van der Waals surface area contributed by atoms with Gasteiger partial charge in [-0.2, -0.15) is 0 Å². The second-order valence-electron chi connectivity index (χ2n) is 7.20. The van der Waals surface area contributed by atoms with E-state index in [4.69, 9.17) is 0 Å². The summed E-state index contributed by atoms with van der Waals surface area (Å²) in [6.45, 7) is 6.41. The summed E-state index contributed by atoms with van der Waals surface area (Å²) in [5.41, 5.74) is 3.78. The quantitative estimate of drug-likeness (QED) is 0.514. The third-order valence-corrected chi connectivity index (χ3v) is 6.76. The number of thioether (sulfide) groups is 1. The lowest BCUT2D eigenvalue weighted by atomic mass is 10.1. The maximum absolute atomic E-state index is 2.40. The topological polar surface area (TPSA) is 10.4 Å². The van der Waals surface area contributed by atoms with Gasteiger partial charge < -0.3 is 4.90 Å². The number of fused-ring (bicyclic) bond motifs is 2. The lowest BCUT2D eigenvalue weighted by molar-refractivity contribution is -0.632. The summed E-state index contributed by atoms with van der Waals surface area (Å²) in [5, 5.41) is 2.52. The molecule has 4 heteroatoms. The fourth-order valence-electron chi connectivity index (χ4n) is 3.94. The van der Waals surface area contributed by atoms with E-state index in [9.17, 15) is 0 Å². The number of hydrogen-bond donors (Lipinski definition) is 0. The van der Waals surface area contributed by atoms with Crippen molar-refractivity contribution in [2.45, 2.75) is 18.7 Å². The largest absolute Gasteiger partial charge is 0.338 e. The minimum atomic E-state index is 0.996. The molecule has 0 aliphatic carbocycles. The summed E-state index contributed by atoms with van der Waals surface area (Å²) in [5.74, 6) is 1.25. The predicted molar refractivity (Wildman–Crippen MR) is 127 cm³/mol. The van der Waals surface area contributed by atoms with E-state index in [0.29, 0.717) is 0 Å². The van der Waals surface area contributed by atoms with Gasteiger partial charge in [0, 0.05) is 23.4 Å². The smallest absolute Gasteiger partial charge is 0.277 e. The van der Waals surface area contributed by atoms with Crippen LogP contribution in [0.4, 0.5) is 11.5 Å². The Labute approximate surface area is 178 Å². The van der Waals surface area contributed by atoms with Crippen molar-refractivity contribution in [3.63, 3.8) is 0 Å². The van der Waals surface area contributed by atoms with E-state index in [0.717, 1.165) is 13.1 Å². The van der Waals surface area contributed by atoms with Crippen molar-refractivity contribution in [2.24, 2.45) is 7.05 Å². The van der Waals surface area contributed by atoms with Crippen LogP contribution in [0.1, 0.15) is 19.4 Å². The van der Waals surface area contributed by atoms with Gasteiger partial charge in [-0.1, -0.05) is 54.2 Å². The normalized spacial score (nSPS) is 14.9. The minimum Gasteiger partial charge on any atom is -0.338 e. The first-order chi connectivity index (χ1) is 14.1. The number of aryl methyl sites for hydroxylation is 1. The third-order valence-electron chi connectivity index (χ3n) is 5.58. The number of para-hydroxylation sites is 2. The van der Waals surface area contributed by atoms with E-state index in [1.165, 1.54) is 37.9 Å². The number of allylic oxidation sites excluding steroid dienone is 2. The van der Waals surface area contributed by atoms with Gasteiger partial charge in [-0.05, 0) is 43.7 Å². The lowest BCUT2D eigenvalue weighted by Gasteiger charge is -2.17. The third kappa shape index (κ3) is 3.65. The van der Waals surface area contributed by atoms with Gasteiger partial charge in [0.15, 0.2) is 0 Å². The highest BCUT2D eigenvalue weighted by Gasteiger charge is 2.21. The molecule has 2 heterocycles. The van der Waals surface area contributed by atoms with Crippen LogP contribution in [0.3, 0.4) is 0 Å². The Morgan fingerprint density at radius 1 is 1.03 bits per heavy atom. The average Bonchev–Trinajstić information content (AvgIpc) is 3.07. The molecule has 3 nitrogen and oxygen atoms in total. The van der Waals surface area contributed by atoms with Crippen LogP contribution in [0.15, 0.2) is 76.7 Å². The highest BCUT2D eigenvalue weighted by molar-refractivity contribution is 8.03. The Morgan fingerprint density at radius 3 is 2.52 bits per heavy atom. The zero-order valence-electron chi connectivity index (χ0n) is 17.6. The SMILES string of the molecule is CCN(CC)c1cc(/C=C/C=C2/Sc3ccccc3N2C)c2ccccc2[n+]1C. The van der Waals surface area contributed by atoms with Crippen molar-refractivity contribution in [2.75, 3.05) is 29.9 Å². The molecule has 0 saturated carbocycles. The van der Waals surface area contributed by atoms with Gasteiger partial charge in [-0.15, -0.1) is 0 Å². The van der Waals surface area contributed by atoms with Crippen molar-refractivity contribution in [1.82, 2.24) is 0 Å². The van der Waals surface area contributed by atoms with Crippen LogP contribution in [-0.2, 0) is 7.05 Å². The Kier molecular flexibility index (Phi) is 5.63. The van der Waals surface area contributed by atoms with Crippen LogP contribution in [0.2, 0.25) is 0 Å². The van der Waals surface area contributed by atoms with Crippen molar-refractivity contribution in [1.29, 1.82) is 0 Å². The van der Waals surface area contributed by atoms with Gasteiger partial charge in [0.25, 0.3) is 5.82 Å². The number of hydrogen-bond acceptors (Lipinski definition) is 3. The Hall–Kier alpha value is -2.72. The van der Waals surface area contributed by atoms with Crippen molar-refractivity contribution >= 4 is 40.2 Å². The second kappa shape index (κ2) is 8.34. The predicted octanol–water partition coefficient (Wildman–Crippen LogP) is 5.61. The van der Waals surface area contributed by atoms with E-state index >= 15 is 0 Å². The molecule has 4 rings (SSSR count). The number of nitrogens with zero attached hydrogens (tertiary/aromatic N) is 3. The molecule has 0 fully saturated rings. The average molecular weight is 403 g/mol. The molecule has 1 aliphatic rings. The fraction of sp³-hybridized carbons (Fsp3) is 0.240. The zero-order valence-corrected chi connectivity index (χ0v) is 18.4. The molecular formula is C25H28N3S+. The van der Waals surface area contributed by atoms with Crippen LogP contribution in [0.5, 0.6) is 0 Å². The summed E-state index contributed by atoms with van der Waals surface area (Å²) in [4.78, 5) is 5.98. The van der Waals surface area contributed by atoms with Gasteiger partial charge in [0.1, 0.15) is 5.52 Å². The van der Waals surface area contributed by atoms with Crippen molar-refractivity contribution in [3.05, 3.63) is 77.3 Å². The van der Waals surface area contributed by atoms with Crippen LogP contribution >= 0.6 is 11.8 Å². The molecule has 1 aliphatic heterocycles. The van der Waals surface area contributed by atoms with Gasteiger partial charge in [0.2, 0.25) is 0 Å². The molecule has 0 N–H and O–H groups in total. The Balaban J connectivity index is 1.72. The van der Waals surface area contributed by atoms with E-state index < -0.39 is 0 Å². The molecule has 1 aromatic heterocycles. The first-order valence-electron chi connectivity index (χ1n) is 10.2. The molecule has 148 valence electrons. The van der Waals surface area contributed by atoms with Gasteiger partial charge >= 0.3 is 0 Å². The number of rotatable bonds is 5. The van der Waals surface area contributed by atoms with Crippen LogP contribution in [-0.4, -0.2) is 20.1 Å². The maximum atomic E-state index is 2.40. The van der Waals surface area contributed by atoms with Gasteiger partial charge in [-0.3, -0.25) is 4.90 Å². The van der Waals surface area contributed by atoms with Crippen molar-refractivity contribution < 1.29 is 4.57 Å². The number of aromatic nitrogens is 1. The molecule has 2 aromatic carbocycles. The standard InChI is InChI=1S/C25H28N3S/c1-5-28(6-2)24-18-19(20-13-7-8-14-21(20)26(24)3)12-11-17-25-27(4)22-15-9-10-16-23(22)29-25/h7-18H,5-6H2,1-4H3/q+1. The fourth-order valence-corrected chi connectivity index (χ4v) is 5.00. The van der Waals surface area contributed by atoms with Gasteiger partial charge in [0.05, 0.1) is 30.9 Å². The molecule has 3 aromatic rings. The Morgan fingerprint density at radius 2 is 1.76 bits per heavy atom. The van der Waals surface area contributed by atoms with E-state index in [2.05, 4.69) is 115 Å². The summed E-state index contributed by atoms with van der Waals surface area (Å²) in [6.07, 6.45) is 6.63. The first kappa shape index (κ1) is 19.6. The zero-order chi connectivity index (χ0) is 20.4. The molecule has 0 amide bonds. The highest BCUT2D eigenvalue weighted by Crippen LogP contribution is 2.44. The summed E-state index contributed by atoms with van der Waals surface area (Å²) >= 11 is 1.82. The molecule has 0 radical (unpaired) electrons. The molecule has 0 spiro atoms. The van der Waals surface area contributed by atoms with Crippen molar-refractivity contribution in [3.8, 4) is 0 Å². The van der Waals surface area contributed by atoms with Crippen LogP contribution in [0.25, 0.3) is 17.0 Å². The monoisotopic (exact) mass is 402 g/mol. The van der Waals surface area contributed by atoms with Crippen LogP contribution < -0.4 is 14.4 Å². The molecule has 0 unspecified atom stereocenters. The molecule has 0 saturated heterocycles. The number of benzene rings is 2. The Bertz CT molecular complexity index is 1100.